The first-order valence-corrected chi connectivity index (χ1v) is 26.9. The van der Waals surface area contributed by atoms with Crippen LogP contribution in [0.5, 0.6) is 0 Å². The Kier molecular flexibility index (Phi) is 9.94. The van der Waals surface area contributed by atoms with Crippen LogP contribution in [0.15, 0.2) is 162 Å². The molecular weight excluding hydrogens is 959 g/mol. The first kappa shape index (κ1) is 35.4. The van der Waals surface area contributed by atoms with E-state index in [0.29, 0.717) is 0 Å². The summed E-state index contributed by atoms with van der Waals surface area (Å²) in [6.45, 7) is 1.66. The number of pyridine rings is 1. The van der Waals surface area contributed by atoms with E-state index in [1.54, 1.807) is 12.1 Å². The van der Waals surface area contributed by atoms with E-state index in [1.807, 2.05) is 56.4 Å². The maximum Gasteiger partial charge on any atom is 0.120 e. The minimum absolute atomic E-state index is 0. The fourth-order valence-corrected chi connectivity index (χ4v) is 11.1. The van der Waals surface area contributed by atoms with Gasteiger partial charge in [-0.2, -0.15) is 0 Å². The quantitative estimate of drug-likeness (QED) is 0.123. The van der Waals surface area contributed by atoms with Gasteiger partial charge in [0.25, 0.3) is 0 Å². The Morgan fingerprint density at radius 2 is 1.54 bits per heavy atom. The largest absolute Gasteiger partial charge is 0.501 e. The van der Waals surface area contributed by atoms with E-state index in [4.69, 9.17) is 14.9 Å². The molecule has 0 aliphatic heterocycles. The van der Waals surface area contributed by atoms with Crippen LogP contribution in [-0.4, -0.2) is 27.8 Å². The third kappa shape index (κ3) is 7.83. The number of rotatable bonds is 6. The molecule has 0 aliphatic carbocycles. The second kappa shape index (κ2) is 16.6. The Balaban J connectivity index is 0.000000190. The van der Waals surface area contributed by atoms with Gasteiger partial charge in [-0.25, -0.2) is 0 Å². The van der Waals surface area contributed by atoms with Crippen molar-refractivity contribution in [2.24, 2.45) is 0 Å². The van der Waals surface area contributed by atoms with Crippen LogP contribution >= 0.6 is 0 Å². The standard InChI is InChI=1S/C35H21N2O.C18H24GeN.Ir/c1-2-10-23(11-3-1)25-21-20-24-12-8-18-31(29(24)22-25)37-32-17-6-5-16-30(32)36-35(37)28-15-9-14-27-26-13-4-7-19-33(26)38-34(27)28;1-13(2)16-11-18(15-9-7-14(3)8-10-15)20-12-17(16)19(4,5)6;/h1-14,16-22H;7-9,11-13H,1-6H3;/q2*-1;/i;3D3,13D;. The zero-order valence-electron chi connectivity index (χ0n) is 37.6. The summed E-state index contributed by atoms with van der Waals surface area (Å²) in [7, 11) is 0. The van der Waals surface area contributed by atoms with Crippen LogP contribution in [0.3, 0.4) is 0 Å². The van der Waals surface area contributed by atoms with E-state index >= 15 is 0 Å². The summed E-state index contributed by atoms with van der Waals surface area (Å²) in [4.78, 5) is 9.71. The number of aryl methyl sites for hydroxylation is 1. The van der Waals surface area contributed by atoms with Crippen molar-refractivity contribution in [2.45, 2.75) is 43.9 Å². The van der Waals surface area contributed by atoms with Crippen molar-refractivity contribution < 1.29 is 30.0 Å². The molecule has 59 heavy (non-hydrogen) atoms. The molecule has 0 saturated heterocycles. The second-order valence-electron chi connectivity index (χ2n) is 15.9. The zero-order valence-corrected chi connectivity index (χ0v) is 38.1. The molecule has 0 bridgehead atoms. The number of para-hydroxylation sites is 3. The molecule has 7 aromatic carbocycles. The smallest absolute Gasteiger partial charge is 0.120 e. The SMILES string of the molecule is [2H]C([2H])([2H])c1c[c-]c(-c2cc(C([2H])(C)C)[c]([Ge]([CH3])([CH3])[CH3])cn2)cc1.[Ir].[c-]1ccc2c(oc3ccccc32)c1-c1nc2ccccc2n1-c1cccc2ccc(-c3ccccc3)cc12. The van der Waals surface area contributed by atoms with Crippen molar-refractivity contribution in [3.8, 4) is 39.5 Å². The summed E-state index contributed by atoms with van der Waals surface area (Å²) in [6, 6.07) is 57.5. The number of benzene rings is 7. The molecule has 0 fully saturated rings. The summed E-state index contributed by atoms with van der Waals surface area (Å²) < 4.78 is 40.7. The molecule has 0 spiro atoms. The van der Waals surface area contributed by atoms with Crippen LogP contribution in [0.2, 0.25) is 17.3 Å². The molecule has 3 heterocycles. The van der Waals surface area contributed by atoms with Gasteiger partial charge in [0.2, 0.25) is 0 Å². The number of hydrogen-bond acceptors (Lipinski definition) is 3. The Labute approximate surface area is 368 Å². The zero-order chi connectivity index (χ0) is 43.4. The molecule has 0 aliphatic rings. The molecule has 0 saturated carbocycles. The fourth-order valence-electron chi connectivity index (χ4n) is 7.75. The molecule has 10 aromatic rings. The Morgan fingerprint density at radius 3 is 2.32 bits per heavy atom. The summed E-state index contributed by atoms with van der Waals surface area (Å²) in [5.41, 5.74) is 10.7. The molecule has 293 valence electrons. The van der Waals surface area contributed by atoms with Crippen LogP contribution in [0.25, 0.3) is 83.2 Å². The third-order valence-electron chi connectivity index (χ3n) is 10.7. The number of fused-ring (bicyclic) bond motifs is 5. The minimum atomic E-state index is -2.14. The van der Waals surface area contributed by atoms with Crippen molar-refractivity contribution in [3.63, 3.8) is 0 Å². The van der Waals surface area contributed by atoms with Crippen molar-refractivity contribution in [1.29, 1.82) is 0 Å². The summed E-state index contributed by atoms with van der Waals surface area (Å²) in [5, 5.41) is 4.50. The predicted molar refractivity (Wildman–Crippen MR) is 246 cm³/mol. The number of nitrogens with zero attached hydrogens (tertiary/aromatic N) is 3. The Bertz CT molecular complexity index is 3260. The van der Waals surface area contributed by atoms with Gasteiger partial charge in [0, 0.05) is 36.6 Å². The van der Waals surface area contributed by atoms with E-state index < -0.39 is 26.0 Å². The van der Waals surface area contributed by atoms with Crippen LogP contribution in [0.4, 0.5) is 0 Å². The van der Waals surface area contributed by atoms with Crippen molar-refractivity contribution in [1.82, 2.24) is 14.5 Å². The molecule has 1 radical (unpaired) electrons. The van der Waals surface area contributed by atoms with Crippen LogP contribution in [0, 0.1) is 19.0 Å². The average molecular weight is 1010 g/mol. The monoisotopic (exact) mass is 1010 g/mol. The average Bonchev–Trinajstić information content (AvgIpc) is 3.84. The van der Waals surface area contributed by atoms with Gasteiger partial charge in [-0.1, -0.05) is 95.9 Å². The molecule has 0 amide bonds. The van der Waals surface area contributed by atoms with Gasteiger partial charge in [-0.15, -0.1) is 18.2 Å². The van der Waals surface area contributed by atoms with Crippen LogP contribution in [0.1, 0.15) is 36.4 Å². The van der Waals surface area contributed by atoms with E-state index in [-0.39, 0.29) is 25.7 Å². The summed E-state index contributed by atoms with van der Waals surface area (Å²) in [5.74, 6) is 6.99. The molecule has 0 N–H and O–H groups in total. The fraction of sp³-hybridized carbons (Fsp3) is 0.132. The predicted octanol–water partition coefficient (Wildman–Crippen LogP) is 13.7. The van der Waals surface area contributed by atoms with Gasteiger partial charge in [0.1, 0.15) is 5.58 Å². The number of hydrogen-bond donors (Lipinski definition) is 0. The normalized spacial score (nSPS) is 13.0. The van der Waals surface area contributed by atoms with Gasteiger partial charge >= 0.3 is 131 Å². The molecule has 0 unspecified atom stereocenters. The summed E-state index contributed by atoms with van der Waals surface area (Å²) >= 11 is -2.14. The van der Waals surface area contributed by atoms with E-state index in [9.17, 15) is 0 Å². The number of aromatic nitrogens is 3. The Morgan fingerprint density at radius 1 is 0.746 bits per heavy atom. The second-order valence-corrected chi connectivity index (χ2v) is 26.5. The molecule has 10 rings (SSSR count). The number of furan rings is 1. The molecule has 3 aromatic heterocycles. The molecule has 6 heteroatoms. The van der Waals surface area contributed by atoms with Crippen molar-refractivity contribution >= 4 is 61.4 Å². The molecule has 0 atom stereocenters. The van der Waals surface area contributed by atoms with E-state index in [1.165, 1.54) is 27.0 Å². The first-order chi connectivity index (χ1) is 29.6. The Hall–Kier alpha value is -5.59. The van der Waals surface area contributed by atoms with Gasteiger partial charge in [-0.3, -0.25) is 4.98 Å². The van der Waals surface area contributed by atoms with E-state index in [2.05, 4.69) is 136 Å². The van der Waals surface area contributed by atoms with Gasteiger partial charge < -0.3 is 8.98 Å². The third-order valence-corrected chi connectivity index (χ3v) is 14.9. The van der Waals surface area contributed by atoms with Crippen LogP contribution < -0.4 is 4.40 Å². The molecular formula is C53H45GeIrN3O-2. The first-order valence-electron chi connectivity index (χ1n) is 21.6. The molecule has 4 nitrogen and oxygen atoms in total. The minimum Gasteiger partial charge on any atom is -0.501 e. The number of imidazole rings is 1. The van der Waals surface area contributed by atoms with Crippen molar-refractivity contribution in [2.75, 3.05) is 0 Å². The van der Waals surface area contributed by atoms with Gasteiger partial charge in [0.15, 0.2) is 0 Å². The van der Waals surface area contributed by atoms with E-state index in [0.717, 1.165) is 72.3 Å². The topological polar surface area (TPSA) is 43.9 Å². The maximum absolute atomic E-state index is 8.49. The van der Waals surface area contributed by atoms with Crippen molar-refractivity contribution in [3.05, 3.63) is 181 Å². The summed E-state index contributed by atoms with van der Waals surface area (Å²) in [6.07, 6.45) is 1.91. The maximum atomic E-state index is 8.49. The van der Waals surface area contributed by atoms with Gasteiger partial charge in [-0.05, 0) is 46.8 Å². The van der Waals surface area contributed by atoms with Crippen LogP contribution in [-0.2, 0) is 20.1 Å². The van der Waals surface area contributed by atoms with Gasteiger partial charge in [0.05, 0.1) is 22.4 Å².